The van der Waals surface area contributed by atoms with Crippen LogP contribution in [-0.4, -0.2) is 45.1 Å². The van der Waals surface area contributed by atoms with Crippen molar-refractivity contribution >= 4 is 10.0 Å². The summed E-state index contributed by atoms with van der Waals surface area (Å²) in [7, 11) is -1.91. The second-order valence-corrected chi connectivity index (χ2v) is 7.15. The lowest BCUT2D eigenvalue weighted by Crippen LogP contribution is -2.48. The van der Waals surface area contributed by atoms with Gasteiger partial charge in [-0.25, -0.2) is 8.42 Å². The van der Waals surface area contributed by atoms with E-state index < -0.39 is 10.0 Å². The highest BCUT2D eigenvalue weighted by molar-refractivity contribution is 7.89. The molecule has 0 bridgehead atoms. The van der Waals surface area contributed by atoms with E-state index in [1.807, 2.05) is 20.8 Å². The highest BCUT2D eigenvalue weighted by atomic mass is 32.2. The summed E-state index contributed by atoms with van der Waals surface area (Å²) in [6.45, 7) is 6.38. The van der Waals surface area contributed by atoms with Crippen LogP contribution in [0.25, 0.3) is 0 Å². The van der Waals surface area contributed by atoms with E-state index >= 15 is 0 Å². The van der Waals surface area contributed by atoms with Gasteiger partial charge in [-0.05, 0) is 44.5 Å². The molecular weight excluding hydrogens is 278 g/mol. The fourth-order valence-electron chi connectivity index (χ4n) is 2.49. The van der Waals surface area contributed by atoms with Crippen LogP contribution in [0, 0.1) is 6.92 Å². The predicted octanol–water partition coefficient (Wildman–Crippen LogP) is 1.80. The minimum atomic E-state index is -3.48. The fourth-order valence-corrected chi connectivity index (χ4v) is 4.16. The van der Waals surface area contributed by atoms with Crippen LogP contribution in [0.5, 0.6) is 5.75 Å². The van der Waals surface area contributed by atoms with Crippen LogP contribution < -0.4 is 4.74 Å². The third-order valence-electron chi connectivity index (χ3n) is 3.39. The number of benzene rings is 1. The van der Waals surface area contributed by atoms with Crippen molar-refractivity contribution in [2.75, 3.05) is 20.2 Å². The smallest absolute Gasteiger partial charge is 0.243 e. The van der Waals surface area contributed by atoms with Crippen molar-refractivity contribution in [3.05, 3.63) is 23.8 Å². The molecule has 6 heteroatoms. The molecule has 2 atom stereocenters. The second kappa shape index (κ2) is 5.71. The second-order valence-electron chi connectivity index (χ2n) is 5.21. The van der Waals surface area contributed by atoms with E-state index in [0.717, 1.165) is 5.56 Å². The number of nitrogens with zero attached hydrogens (tertiary/aromatic N) is 1. The van der Waals surface area contributed by atoms with Crippen molar-refractivity contribution in [2.45, 2.75) is 37.9 Å². The first kappa shape index (κ1) is 15.3. The van der Waals surface area contributed by atoms with E-state index in [1.165, 1.54) is 4.31 Å². The number of methoxy groups -OCH3 is 1. The summed E-state index contributed by atoms with van der Waals surface area (Å²) in [4.78, 5) is 0.303. The van der Waals surface area contributed by atoms with Crippen molar-refractivity contribution < 1.29 is 17.9 Å². The maximum absolute atomic E-state index is 12.7. The lowest BCUT2D eigenvalue weighted by Gasteiger charge is -2.34. The van der Waals surface area contributed by atoms with Crippen LogP contribution in [0.3, 0.4) is 0 Å². The first-order valence-corrected chi connectivity index (χ1v) is 8.09. The summed E-state index contributed by atoms with van der Waals surface area (Å²) in [6, 6.07) is 4.93. The lowest BCUT2D eigenvalue weighted by atomic mass is 10.2. The molecule has 1 aromatic carbocycles. The number of sulfonamides is 1. The van der Waals surface area contributed by atoms with Gasteiger partial charge in [-0.2, -0.15) is 4.31 Å². The Labute approximate surface area is 120 Å². The van der Waals surface area contributed by atoms with E-state index in [2.05, 4.69) is 0 Å². The molecule has 0 N–H and O–H groups in total. The van der Waals surface area contributed by atoms with Crippen molar-refractivity contribution in [2.24, 2.45) is 0 Å². The van der Waals surface area contributed by atoms with E-state index in [-0.39, 0.29) is 12.2 Å². The van der Waals surface area contributed by atoms with Crippen LogP contribution in [0.15, 0.2) is 23.1 Å². The number of hydrogen-bond acceptors (Lipinski definition) is 4. The number of morpholine rings is 1. The molecule has 1 saturated heterocycles. The summed E-state index contributed by atoms with van der Waals surface area (Å²) >= 11 is 0. The van der Waals surface area contributed by atoms with Crippen LogP contribution in [0.1, 0.15) is 19.4 Å². The van der Waals surface area contributed by atoms with Crippen molar-refractivity contribution in [3.63, 3.8) is 0 Å². The maximum atomic E-state index is 12.7. The zero-order chi connectivity index (χ0) is 14.9. The predicted molar refractivity (Wildman–Crippen MR) is 76.5 cm³/mol. The van der Waals surface area contributed by atoms with Gasteiger partial charge in [-0.1, -0.05) is 0 Å². The first-order valence-electron chi connectivity index (χ1n) is 6.65. The summed E-state index contributed by atoms with van der Waals surface area (Å²) < 4.78 is 37.6. The van der Waals surface area contributed by atoms with Crippen molar-refractivity contribution in [1.29, 1.82) is 0 Å². The largest absolute Gasteiger partial charge is 0.496 e. The molecule has 20 heavy (non-hydrogen) atoms. The Morgan fingerprint density at radius 1 is 1.25 bits per heavy atom. The molecule has 2 rings (SSSR count). The third-order valence-corrected chi connectivity index (χ3v) is 5.22. The summed E-state index contributed by atoms with van der Waals surface area (Å²) in [6.07, 6.45) is -0.180. The number of hydrogen-bond donors (Lipinski definition) is 0. The average molecular weight is 299 g/mol. The van der Waals surface area contributed by atoms with Crippen LogP contribution in [-0.2, 0) is 14.8 Å². The van der Waals surface area contributed by atoms with Gasteiger partial charge in [-0.3, -0.25) is 0 Å². The molecule has 0 unspecified atom stereocenters. The first-order chi connectivity index (χ1) is 9.34. The number of aryl methyl sites for hydroxylation is 1. The van der Waals surface area contributed by atoms with Gasteiger partial charge in [0.2, 0.25) is 10.0 Å². The lowest BCUT2D eigenvalue weighted by molar-refractivity contribution is -0.0440. The van der Waals surface area contributed by atoms with Crippen LogP contribution >= 0.6 is 0 Å². The average Bonchev–Trinajstić information content (AvgIpc) is 2.37. The molecule has 0 spiro atoms. The SMILES string of the molecule is COc1ccc(S(=O)(=O)N2C[C@H](C)O[C@@H](C)C2)cc1C. The quantitative estimate of drug-likeness (QED) is 0.854. The summed E-state index contributed by atoms with van der Waals surface area (Å²) in [5.74, 6) is 0.688. The van der Waals surface area contributed by atoms with Crippen molar-refractivity contribution in [3.8, 4) is 5.75 Å². The van der Waals surface area contributed by atoms with Gasteiger partial charge in [0.05, 0.1) is 24.2 Å². The molecule has 0 aliphatic carbocycles. The highest BCUT2D eigenvalue weighted by Gasteiger charge is 2.32. The summed E-state index contributed by atoms with van der Waals surface area (Å²) in [5.41, 5.74) is 0.808. The minimum absolute atomic E-state index is 0.0899. The molecule has 1 aliphatic heterocycles. The molecule has 0 saturated carbocycles. The normalized spacial score (nSPS) is 24.6. The molecule has 0 radical (unpaired) electrons. The Bertz CT molecular complexity index is 575. The monoisotopic (exact) mass is 299 g/mol. The van der Waals surface area contributed by atoms with Crippen LogP contribution in [0.2, 0.25) is 0 Å². The fraction of sp³-hybridized carbons (Fsp3) is 0.571. The molecule has 1 fully saturated rings. The van der Waals surface area contributed by atoms with E-state index in [9.17, 15) is 8.42 Å². The maximum Gasteiger partial charge on any atom is 0.243 e. The number of ether oxygens (including phenoxy) is 2. The topological polar surface area (TPSA) is 55.8 Å². The molecule has 5 nitrogen and oxygen atoms in total. The van der Waals surface area contributed by atoms with E-state index in [1.54, 1.807) is 25.3 Å². The standard InChI is InChI=1S/C14H21NO4S/c1-10-7-13(5-6-14(10)18-4)20(16,17)15-8-11(2)19-12(3)9-15/h5-7,11-12H,8-9H2,1-4H3/t11-,12-/m0/s1. The Balaban J connectivity index is 2.32. The molecule has 1 aromatic rings. The Hall–Kier alpha value is -1.11. The van der Waals surface area contributed by atoms with Gasteiger partial charge in [-0.15, -0.1) is 0 Å². The zero-order valence-corrected chi connectivity index (χ0v) is 13.1. The van der Waals surface area contributed by atoms with Crippen LogP contribution in [0.4, 0.5) is 0 Å². The Morgan fingerprint density at radius 2 is 1.85 bits per heavy atom. The molecular formula is C14H21NO4S. The summed E-state index contributed by atoms with van der Waals surface area (Å²) in [5, 5.41) is 0. The molecule has 112 valence electrons. The third kappa shape index (κ3) is 2.97. The van der Waals surface area contributed by atoms with E-state index in [0.29, 0.717) is 23.7 Å². The van der Waals surface area contributed by atoms with Gasteiger partial charge in [0.25, 0.3) is 0 Å². The molecule has 1 heterocycles. The van der Waals surface area contributed by atoms with E-state index in [4.69, 9.17) is 9.47 Å². The Kier molecular flexibility index (Phi) is 4.36. The highest BCUT2D eigenvalue weighted by Crippen LogP contribution is 2.25. The minimum Gasteiger partial charge on any atom is -0.496 e. The van der Waals surface area contributed by atoms with Gasteiger partial charge >= 0.3 is 0 Å². The Morgan fingerprint density at radius 3 is 2.35 bits per heavy atom. The van der Waals surface area contributed by atoms with Gasteiger partial charge in [0.1, 0.15) is 5.75 Å². The zero-order valence-electron chi connectivity index (χ0n) is 12.3. The van der Waals surface area contributed by atoms with Gasteiger partial charge < -0.3 is 9.47 Å². The number of rotatable bonds is 3. The molecule has 0 amide bonds. The molecule has 1 aliphatic rings. The van der Waals surface area contributed by atoms with Crippen molar-refractivity contribution in [1.82, 2.24) is 4.31 Å². The van der Waals surface area contributed by atoms with Gasteiger partial charge in [0.15, 0.2) is 0 Å². The van der Waals surface area contributed by atoms with Gasteiger partial charge in [0, 0.05) is 13.1 Å². The molecule has 0 aromatic heterocycles.